The minimum atomic E-state index is -0.934. The topological polar surface area (TPSA) is 83.7 Å². The van der Waals surface area contributed by atoms with Crippen molar-refractivity contribution < 1.29 is 13.5 Å². The lowest BCUT2D eigenvalue weighted by Gasteiger charge is -2.53. The van der Waals surface area contributed by atoms with Gasteiger partial charge >= 0.3 is 0 Å². The molecule has 3 aliphatic rings. The zero-order valence-corrected chi connectivity index (χ0v) is 18.2. The van der Waals surface area contributed by atoms with Crippen LogP contribution in [0.3, 0.4) is 0 Å². The predicted molar refractivity (Wildman–Crippen MR) is 118 cm³/mol. The molecule has 1 fully saturated rings. The van der Waals surface area contributed by atoms with E-state index in [4.69, 9.17) is 9.72 Å². The highest BCUT2D eigenvalue weighted by Crippen LogP contribution is 2.44. The Labute approximate surface area is 188 Å². The number of amidine groups is 1. The van der Waals surface area contributed by atoms with Crippen LogP contribution in [-0.4, -0.2) is 56.8 Å². The second-order valence-electron chi connectivity index (χ2n) is 8.50. The van der Waals surface area contributed by atoms with Crippen molar-refractivity contribution in [2.24, 2.45) is 5.10 Å². The van der Waals surface area contributed by atoms with E-state index in [2.05, 4.69) is 44.1 Å². The monoisotopic (exact) mass is 452 g/mol. The second kappa shape index (κ2) is 7.20. The number of ether oxygens (including phenoxy) is 1. The minimum absolute atomic E-state index is 0.162. The number of hydrogen-bond acceptors (Lipinski definition) is 8. The highest BCUT2D eigenvalue weighted by atomic mass is 19.2. The van der Waals surface area contributed by atoms with E-state index in [-0.39, 0.29) is 11.6 Å². The number of fused-ring (bicyclic) bond motifs is 3. The van der Waals surface area contributed by atoms with Crippen LogP contribution in [0.5, 0.6) is 0 Å². The van der Waals surface area contributed by atoms with Crippen LogP contribution in [0.1, 0.15) is 20.3 Å². The smallest absolute Gasteiger partial charge is 0.237 e. The Morgan fingerprint density at radius 3 is 2.79 bits per heavy atom. The van der Waals surface area contributed by atoms with Crippen molar-refractivity contribution in [1.82, 2.24) is 24.9 Å². The first-order valence-corrected chi connectivity index (χ1v) is 10.8. The van der Waals surface area contributed by atoms with Crippen LogP contribution in [0.15, 0.2) is 41.9 Å². The van der Waals surface area contributed by atoms with E-state index in [0.717, 1.165) is 35.9 Å². The van der Waals surface area contributed by atoms with Gasteiger partial charge in [0.2, 0.25) is 5.95 Å². The standard InChI is InChI=1S/C22H22F2N8O/c1-3-22(2)20-29-27-12-31(20)17-9-26-21(28-19(17)32(22)14-10-33-11-14)30-7-6-25-18(30)13-4-5-15(23)16(24)8-13/h4-9,14,27H,3,10-12H2,1-2H3/t22-/m1/s1. The molecule has 0 radical (unpaired) electrons. The quantitative estimate of drug-likeness (QED) is 0.652. The van der Waals surface area contributed by atoms with Crippen LogP contribution in [-0.2, 0) is 4.74 Å². The van der Waals surface area contributed by atoms with Crippen molar-refractivity contribution in [3.8, 4) is 17.3 Å². The minimum Gasteiger partial charge on any atom is -0.377 e. The van der Waals surface area contributed by atoms with Gasteiger partial charge < -0.3 is 14.5 Å². The highest BCUT2D eigenvalue weighted by molar-refractivity contribution is 6.11. The predicted octanol–water partition coefficient (Wildman–Crippen LogP) is 2.68. The van der Waals surface area contributed by atoms with Gasteiger partial charge in [-0.1, -0.05) is 6.92 Å². The van der Waals surface area contributed by atoms with E-state index < -0.39 is 11.6 Å². The molecule has 0 spiro atoms. The maximum Gasteiger partial charge on any atom is 0.237 e. The van der Waals surface area contributed by atoms with E-state index in [1.807, 2.05) is 0 Å². The average molecular weight is 452 g/mol. The normalized spacial score (nSPS) is 21.9. The van der Waals surface area contributed by atoms with Gasteiger partial charge in [-0.25, -0.2) is 18.7 Å². The molecule has 33 heavy (non-hydrogen) atoms. The van der Waals surface area contributed by atoms with Crippen LogP contribution in [0, 0.1) is 11.6 Å². The van der Waals surface area contributed by atoms with Crippen molar-refractivity contribution in [2.45, 2.75) is 31.8 Å². The number of nitrogens with one attached hydrogen (secondary N) is 1. The molecule has 1 atom stereocenters. The van der Waals surface area contributed by atoms with Gasteiger partial charge in [-0.2, -0.15) is 10.1 Å². The molecule has 3 aliphatic heterocycles. The summed E-state index contributed by atoms with van der Waals surface area (Å²) in [7, 11) is 0. The lowest BCUT2D eigenvalue weighted by atomic mass is 9.88. The van der Waals surface area contributed by atoms with E-state index >= 15 is 0 Å². The van der Waals surface area contributed by atoms with Gasteiger partial charge in [-0.15, -0.1) is 0 Å². The molecule has 0 bridgehead atoms. The molecule has 1 N–H and O–H groups in total. The van der Waals surface area contributed by atoms with Gasteiger partial charge in [-0.3, -0.25) is 9.99 Å². The molecule has 1 saturated heterocycles. The molecule has 3 aromatic rings. The van der Waals surface area contributed by atoms with Crippen molar-refractivity contribution in [2.75, 3.05) is 29.7 Å². The van der Waals surface area contributed by atoms with Gasteiger partial charge in [0.05, 0.1) is 31.0 Å². The zero-order chi connectivity index (χ0) is 22.7. The largest absolute Gasteiger partial charge is 0.377 e. The molecule has 0 saturated carbocycles. The van der Waals surface area contributed by atoms with Crippen molar-refractivity contribution in [1.29, 1.82) is 0 Å². The fourth-order valence-corrected chi connectivity index (χ4v) is 4.70. The molecule has 2 aromatic heterocycles. The number of imidazole rings is 1. The maximum absolute atomic E-state index is 13.9. The van der Waals surface area contributed by atoms with Crippen molar-refractivity contribution in [3.63, 3.8) is 0 Å². The Morgan fingerprint density at radius 1 is 1.21 bits per heavy atom. The Hall–Kier alpha value is -3.60. The van der Waals surface area contributed by atoms with Gasteiger partial charge in [0.1, 0.15) is 18.2 Å². The molecule has 0 unspecified atom stereocenters. The summed E-state index contributed by atoms with van der Waals surface area (Å²) in [6.07, 6.45) is 5.89. The second-order valence-corrected chi connectivity index (χ2v) is 8.50. The van der Waals surface area contributed by atoms with Gasteiger partial charge in [0.15, 0.2) is 23.3 Å². The van der Waals surface area contributed by atoms with Gasteiger partial charge in [0.25, 0.3) is 0 Å². The third-order valence-corrected chi connectivity index (χ3v) is 6.65. The number of anilines is 2. The lowest BCUT2D eigenvalue weighted by molar-refractivity contribution is 0.00212. The van der Waals surface area contributed by atoms with Gasteiger partial charge in [0, 0.05) is 18.0 Å². The number of rotatable bonds is 4. The SMILES string of the molecule is CC[C@]1(C)C2=NNCN2c2cnc(-n3ccnc3-c3ccc(F)c(F)c3)nc2N1C1COC1. The van der Waals surface area contributed by atoms with E-state index in [9.17, 15) is 8.78 Å². The number of hydrazone groups is 1. The Balaban J connectivity index is 1.50. The number of hydrogen-bond donors (Lipinski definition) is 1. The molecule has 9 nitrogen and oxygen atoms in total. The van der Waals surface area contributed by atoms with Crippen molar-refractivity contribution >= 4 is 17.3 Å². The molecule has 6 rings (SSSR count). The summed E-state index contributed by atoms with van der Waals surface area (Å²) in [5.74, 6) is 0.692. The molecule has 1 aromatic carbocycles. The van der Waals surface area contributed by atoms with E-state index in [1.54, 1.807) is 23.2 Å². The van der Waals surface area contributed by atoms with Crippen LogP contribution in [0.25, 0.3) is 17.3 Å². The third kappa shape index (κ3) is 2.85. The maximum atomic E-state index is 13.9. The first-order valence-electron chi connectivity index (χ1n) is 10.8. The third-order valence-electron chi connectivity index (χ3n) is 6.65. The fraction of sp³-hybridized carbons (Fsp3) is 0.364. The Morgan fingerprint density at radius 2 is 2.06 bits per heavy atom. The van der Waals surface area contributed by atoms with Gasteiger partial charge in [-0.05, 0) is 31.5 Å². The van der Waals surface area contributed by atoms with Crippen LogP contribution in [0.4, 0.5) is 20.3 Å². The summed E-state index contributed by atoms with van der Waals surface area (Å²) in [4.78, 5) is 18.3. The highest BCUT2D eigenvalue weighted by Gasteiger charge is 2.51. The molecule has 0 aliphatic carbocycles. The van der Waals surface area contributed by atoms with E-state index in [0.29, 0.717) is 37.2 Å². The summed E-state index contributed by atoms with van der Waals surface area (Å²) < 4.78 is 34.5. The summed E-state index contributed by atoms with van der Waals surface area (Å²) in [6.45, 7) is 6.07. The summed E-state index contributed by atoms with van der Waals surface area (Å²) in [6, 6.07) is 3.86. The number of halogens is 2. The van der Waals surface area contributed by atoms with Crippen LogP contribution < -0.4 is 15.2 Å². The lowest BCUT2D eigenvalue weighted by Crippen LogP contribution is -2.67. The first kappa shape index (κ1) is 20.0. The molecule has 170 valence electrons. The number of benzene rings is 1. The Bertz CT molecular complexity index is 1270. The van der Waals surface area contributed by atoms with Crippen LogP contribution in [0.2, 0.25) is 0 Å². The first-order chi connectivity index (χ1) is 16.0. The fourth-order valence-electron chi connectivity index (χ4n) is 4.70. The zero-order valence-electron chi connectivity index (χ0n) is 18.2. The Kier molecular flexibility index (Phi) is 4.37. The number of aromatic nitrogens is 4. The van der Waals surface area contributed by atoms with Crippen LogP contribution >= 0.6 is 0 Å². The average Bonchev–Trinajstić information content (AvgIpc) is 3.47. The molecule has 5 heterocycles. The van der Waals surface area contributed by atoms with Crippen molar-refractivity contribution in [3.05, 3.63) is 48.4 Å². The molecule has 11 heteroatoms. The van der Waals surface area contributed by atoms with E-state index in [1.165, 1.54) is 6.07 Å². The molecular formula is C22H22F2N8O. The summed E-state index contributed by atoms with van der Waals surface area (Å²) in [5.41, 5.74) is 4.00. The molecular weight excluding hydrogens is 430 g/mol. The number of nitrogens with zero attached hydrogens (tertiary/aromatic N) is 7. The summed E-state index contributed by atoms with van der Waals surface area (Å²) >= 11 is 0. The summed E-state index contributed by atoms with van der Waals surface area (Å²) in [5, 5.41) is 4.59. The molecule has 0 amide bonds.